The van der Waals surface area contributed by atoms with E-state index in [0.717, 1.165) is 11.1 Å². The van der Waals surface area contributed by atoms with Crippen molar-refractivity contribution in [2.75, 3.05) is 5.75 Å². The van der Waals surface area contributed by atoms with Gasteiger partial charge in [-0.1, -0.05) is 19.1 Å². The lowest BCUT2D eigenvalue weighted by molar-refractivity contribution is 0.597. The molecule has 0 saturated heterocycles. The molecular weight excluding hydrogens is 236 g/mol. The normalized spacial score (nSPS) is 11.6. The zero-order valence-corrected chi connectivity index (χ0v) is 10.6. The zero-order valence-electron chi connectivity index (χ0n) is 9.79. The van der Waals surface area contributed by atoms with Crippen LogP contribution in [0.4, 0.5) is 0 Å². The van der Waals surface area contributed by atoms with Crippen molar-refractivity contribution >= 4 is 9.84 Å². The smallest absolute Gasteiger partial charge is 0.178 e. The maximum Gasteiger partial charge on any atom is 0.178 e. The van der Waals surface area contributed by atoms with Crippen LogP contribution in [0.25, 0.3) is 11.1 Å². The van der Waals surface area contributed by atoms with Gasteiger partial charge in [-0.15, -0.1) is 0 Å². The lowest BCUT2D eigenvalue weighted by Crippen LogP contribution is -2.03. The molecule has 0 amide bonds. The summed E-state index contributed by atoms with van der Waals surface area (Å²) in [6.45, 7) is 1.64. The van der Waals surface area contributed by atoms with Crippen molar-refractivity contribution in [2.45, 2.75) is 11.8 Å². The summed E-state index contributed by atoms with van der Waals surface area (Å²) in [5.74, 6) is 0.115. The molecular formula is C12H14N2O2S. The standard InChI is InChI=1S/C12H14N2O2S/c1-3-17(15,16)12-6-4-5-10(7-12)11-8-13-14(2)9-11/h4-9H,3H2,1-2H3. The van der Waals surface area contributed by atoms with Gasteiger partial charge in [0.15, 0.2) is 9.84 Å². The molecule has 4 nitrogen and oxygen atoms in total. The largest absolute Gasteiger partial charge is 0.275 e. The fourth-order valence-electron chi connectivity index (χ4n) is 1.61. The molecule has 2 aromatic rings. The number of aromatic nitrogens is 2. The minimum absolute atomic E-state index is 0.115. The van der Waals surface area contributed by atoms with Gasteiger partial charge < -0.3 is 0 Å². The van der Waals surface area contributed by atoms with E-state index < -0.39 is 9.84 Å². The summed E-state index contributed by atoms with van der Waals surface area (Å²) >= 11 is 0. The summed E-state index contributed by atoms with van der Waals surface area (Å²) in [5, 5.41) is 4.07. The van der Waals surface area contributed by atoms with E-state index in [1.165, 1.54) is 0 Å². The van der Waals surface area contributed by atoms with Crippen LogP contribution in [0.2, 0.25) is 0 Å². The molecule has 0 N–H and O–H groups in total. The Kier molecular flexibility index (Phi) is 3.02. The summed E-state index contributed by atoms with van der Waals surface area (Å²) in [4.78, 5) is 0.362. The van der Waals surface area contributed by atoms with Gasteiger partial charge in [-0.3, -0.25) is 4.68 Å². The highest BCUT2D eigenvalue weighted by molar-refractivity contribution is 7.91. The van der Waals surface area contributed by atoms with E-state index in [4.69, 9.17) is 0 Å². The van der Waals surface area contributed by atoms with E-state index in [1.807, 2.05) is 19.3 Å². The van der Waals surface area contributed by atoms with E-state index >= 15 is 0 Å². The third-order valence-corrected chi connectivity index (χ3v) is 4.34. The van der Waals surface area contributed by atoms with Gasteiger partial charge in [0.05, 0.1) is 16.8 Å². The molecule has 2 rings (SSSR count). The number of hydrogen-bond donors (Lipinski definition) is 0. The highest BCUT2D eigenvalue weighted by Gasteiger charge is 2.12. The monoisotopic (exact) mass is 250 g/mol. The molecule has 0 unspecified atom stereocenters. The Morgan fingerprint density at radius 2 is 2.06 bits per heavy atom. The molecule has 0 fully saturated rings. The number of benzene rings is 1. The molecule has 90 valence electrons. The molecule has 0 aliphatic rings. The predicted molar refractivity (Wildman–Crippen MR) is 66.4 cm³/mol. The van der Waals surface area contributed by atoms with Crippen LogP contribution in [0.15, 0.2) is 41.6 Å². The van der Waals surface area contributed by atoms with Gasteiger partial charge in [0.1, 0.15) is 0 Å². The second-order valence-electron chi connectivity index (χ2n) is 3.83. The third kappa shape index (κ3) is 2.39. The summed E-state index contributed by atoms with van der Waals surface area (Å²) < 4.78 is 25.2. The van der Waals surface area contributed by atoms with Crippen molar-refractivity contribution in [2.24, 2.45) is 7.05 Å². The maximum absolute atomic E-state index is 11.8. The van der Waals surface area contributed by atoms with Crippen molar-refractivity contribution in [3.05, 3.63) is 36.7 Å². The third-order valence-electron chi connectivity index (χ3n) is 2.61. The first-order chi connectivity index (χ1) is 8.03. The molecule has 1 aromatic heterocycles. The van der Waals surface area contributed by atoms with Gasteiger partial charge in [-0.25, -0.2) is 8.42 Å². The van der Waals surface area contributed by atoms with E-state index in [9.17, 15) is 8.42 Å². The topological polar surface area (TPSA) is 52.0 Å². The second kappa shape index (κ2) is 4.33. The average molecular weight is 250 g/mol. The highest BCUT2D eigenvalue weighted by atomic mass is 32.2. The first kappa shape index (κ1) is 11.9. The lowest BCUT2D eigenvalue weighted by atomic mass is 10.1. The molecule has 0 saturated carbocycles. The van der Waals surface area contributed by atoms with Gasteiger partial charge in [0.2, 0.25) is 0 Å². The van der Waals surface area contributed by atoms with E-state index in [1.54, 1.807) is 36.0 Å². The average Bonchev–Trinajstić information content (AvgIpc) is 2.76. The van der Waals surface area contributed by atoms with Crippen LogP contribution in [0.5, 0.6) is 0 Å². The van der Waals surface area contributed by atoms with Gasteiger partial charge in [0, 0.05) is 18.8 Å². The van der Waals surface area contributed by atoms with Crippen LogP contribution in [-0.4, -0.2) is 24.0 Å². The first-order valence-corrected chi connectivity index (χ1v) is 7.00. The number of sulfone groups is 1. The fraction of sp³-hybridized carbons (Fsp3) is 0.250. The molecule has 17 heavy (non-hydrogen) atoms. The number of rotatable bonds is 3. The molecule has 1 heterocycles. The van der Waals surface area contributed by atoms with Crippen LogP contribution in [0.3, 0.4) is 0 Å². The van der Waals surface area contributed by atoms with Crippen molar-refractivity contribution in [3.63, 3.8) is 0 Å². The van der Waals surface area contributed by atoms with Crippen molar-refractivity contribution in [1.82, 2.24) is 9.78 Å². The Morgan fingerprint density at radius 3 is 2.65 bits per heavy atom. The quantitative estimate of drug-likeness (QED) is 0.835. The van der Waals surface area contributed by atoms with Crippen LogP contribution in [0, 0.1) is 0 Å². The fourth-order valence-corrected chi connectivity index (χ4v) is 2.53. The molecule has 0 aliphatic carbocycles. The van der Waals surface area contributed by atoms with E-state index in [-0.39, 0.29) is 5.75 Å². The summed E-state index contributed by atoms with van der Waals surface area (Å²) in [6.07, 6.45) is 3.58. The Labute approximate surface area is 101 Å². The van der Waals surface area contributed by atoms with Crippen molar-refractivity contribution in [3.8, 4) is 11.1 Å². The summed E-state index contributed by atoms with van der Waals surface area (Å²) in [7, 11) is -1.32. The minimum Gasteiger partial charge on any atom is -0.275 e. The lowest BCUT2D eigenvalue weighted by Gasteiger charge is -2.03. The van der Waals surface area contributed by atoms with Gasteiger partial charge in [0.25, 0.3) is 0 Å². The summed E-state index contributed by atoms with van der Waals surface area (Å²) in [5.41, 5.74) is 1.79. The molecule has 5 heteroatoms. The van der Waals surface area contributed by atoms with Crippen molar-refractivity contribution < 1.29 is 8.42 Å². The zero-order chi connectivity index (χ0) is 12.5. The van der Waals surface area contributed by atoms with Crippen LogP contribution in [0.1, 0.15) is 6.92 Å². The van der Waals surface area contributed by atoms with Gasteiger partial charge in [-0.2, -0.15) is 5.10 Å². The molecule has 0 atom stereocenters. The number of hydrogen-bond acceptors (Lipinski definition) is 3. The van der Waals surface area contributed by atoms with Gasteiger partial charge in [-0.05, 0) is 17.7 Å². The Balaban J connectivity index is 2.49. The molecule has 0 radical (unpaired) electrons. The molecule has 0 spiro atoms. The first-order valence-electron chi connectivity index (χ1n) is 5.35. The van der Waals surface area contributed by atoms with E-state index in [2.05, 4.69) is 5.10 Å². The second-order valence-corrected chi connectivity index (χ2v) is 6.11. The van der Waals surface area contributed by atoms with Gasteiger partial charge >= 0.3 is 0 Å². The number of aryl methyl sites for hydroxylation is 1. The Hall–Kier alpha value is -1.62. The highest BCUT2D eigenvalue weighted by Crippen LogP contribution is 2.22. The molecule has 1 aromatic carbocycles. The van der Waals surface area contributed by atoms with Crippen LogP contribution >= 0.6 is 0 Å². The predicted octanol–water partition coefficient (Wildman–Crippen LogP) is 1.88. The molecule has 0 bridgehead atoms. The van der Waals surface area contributed by atoms with Crippen molar-refractivity contribution in [1.29, 1.82) is 0 Å². The van der Waals surface area contributed by atoms with E-state index in [0.29, 0.717) is 4.90 Å². The summed E-state index contributed by atoms with van der Waals surface area (Å²) in [6, 6.07) is 6.95. The SMILES string of the molecule is CCS(=O)(=O)c1cccc(-c2cnn(C)c2)c1. The Bertz CT molecular complexity index is 629. The number of nitrogens with zero attached hydrogens (tertiary/aromatic N) is 2. The minimum atomic E-state index is -3.15. The maximum atomic E-state index is 11.8. The Morgan fingerprint density at radius 1 is 1.29 bits per heavy atom. The van der Waals surface area contributed by atoms with Crippen LogP contribution in [-0.2, 0) is 16.9 Å². The molecule has 0 aliphatic heterocycles. The van der Waals surface area contributed by atoms with Crippen LogP contribution < -0.4 is 0 Å².